The molecule has 0 saturated carbocycles. The first-order chi connectivity index (χ1) is 11.4. The van der Waals surface area contributed by atoms with Crippen LogP contribution in [-0.4, -0.2) is 42.3 Å². The lowest BCUT2D eigenvalue weighted by molar-refractivity contribution is -0.145. The van der Waals surface area contributed by atoms with Crippen LogP contribution in [0.25, 0.3) is 0 Å². The average Bonchev–Trinajstić information content (AvgIpc) is 2.57. The summed E-state index contributed by atoms with van der Waals surface area (Å²) < 4.78 is 5.16. The zero-order valence-corrected chi connectivity index (χ0v) is 13.9. The van der Waals surface area contributed by atoms with E-state index < -0.39 is 11.9 Å². The van der Waals surface area contributed by atoms with Crippen LogP contribution in [0.3, 0.4) is 0 Å². The van der Waals surface area contributed by atoms with Crippen molar-refractivity contribution in [2.24, 2.45) is 11.5 Å². The fourth-order valence-electron chi connectivity index (χ4n) is 2.07. The van der Waals surface area contributed by atoms with Gasteiger partial charge in [0.15, 0.2) is 0 Å². The van der Waals surface area contributed by atoms with Crippen LogP contribution in [0.5, 0.6) is 0 Å². The van der Waals surface area contributed by atoms with Crippen molar-refractivity contribution in [3.8, 4) is 0 Å². The van der Waals surface area contributed by atoms with Gasteiger partial charge < -0.3 is 21.1 Å². The molecular formula is C17H25N3O4. The van der Waals surface area contributed by atoms with Gasteiger partial charge in [0, 0.05) is 26.4 Å². The monoisotopic (exact) mass is 335 g/mol. The van der Waals surface area contributed by atoms with Crippen LogP contribution in [-0.2, 0) is 25.7 Å². The van der Waals surface area contributed by atoms with Crippen molar-refractivity contribution in [2.45, 2.75) is 38.3 Å². The number of nitrogens with zero attached hydrogens (tertiary/aromatic N) is 1. The lowest BCUT2D eigenvalue weighted by atomic mass is 10.1. The Kier molecular flexibility index (Phi) is 8.49. The summed E-state index contributed by atoms with van der Waals surface area (Å²) >= 11 is 0. The van der Waals surface area contributed by atoms with E-state index in [-0.39, 0.29) is 37.9 Å². The highest BCUT2D eigenvalue weighted by Gasteiger charge is 2.18. The minimum atomic E-state index is -0.704. The number of carbonyl (C=O) groups is 3. The first-order valence-electron chi connectivity index (χ1n) is 7.88. The third-order valence-electron chi connectivity index (χ3n) is 3.53. The van der Waals surface area contributed by atoms with Crippen molar-refractivity contribution in [1.29, 1.82) is 0 Å². The largest absolute Gasteiger partial charge is 0.461 e. The predicted octanol–water partition coefficient (Wildman–Crippen LogP) is 0.561. The highest BCUT2D eigenvalue weighted by atomic mass is 16.5. The number of esters is 1. The van der Waals surface area contributed by atoms with Crippen molar-refractivity contribution >= 4 is 17.8 Å². The van der Waals surface area contributed by atoms with Crippen molar-refractivity contribution in [1.82, 2.24) is 4.90 Å². The predicted molar refractivity (Wildman–Crippen MR) is 89.5 cm³/mol. The van der Waals surface area contributed by atoms with Gasteiger partial charge in [-0.1, -0.05) is 30.3 Å². The fraction of sp³-hybridized carbons (Fsp3) is 0.471. The number of likely N-dealkylation sites (N-methyl/N-ethyl adjacent to an activating group) is 1. The number of hydrogen-bond donors (Lipinski definition) is 2. The Labute approximate surface area is 141 Å². The van der Waals surface area contributed by atoms with E-state index in [1.165, 1.54) is 4.90 Å². The number of carbonyl (C=O) groups excluding carboxylic acids is 3. The number of ether oxygens (including phenoxy) is 1. The number of nitrogens with two attached hydrogens (primary N) is 2. The Bertz CT molecular complexity index is 548. The minimum absolute atomic E-state index is 0.0980. The van der Waals surface area contributed by atoms with Crippen LogP contribution >= 0.6 is 0 Å². The Balaban J connectivity index is 2.21. The van der Waals surface area contributed by atoms with Gasteiger partial charge in [-0.25, -0.2) is 0 Å². The van der Waals surface area contributed by atoms with Crippen LogP contribution < -0.4 is 11.5 Å². The molecule has 0 radical (unpaired) electrons. The zero-order chi connectivity index (χ0) is 17.9. The van der Waals surface area contributed by atoms with Gasteiger partial charge in [0.05, 0.1) is 6.04 Å². The quantitative estimate of drug-likeness (QED) is 0.606. The van der Waals surface area contributed by atoms with Crippen molar-refractivity contribution < 1.29 is 19.1 Å². The van der Waals surface area contributed by atoms with E-state index in [1.807, 2.05) is 30.3 Å². The molecule has 0 unspecified atom stereocenters. The Morgan fingerprint density at radius 2 is 1.83 bits per heavy atom. The smallest absolute Gasteiger partial charge is 0.306 e. The molecule has 1 rings (SSSR count). The van der Waals surface area contributed by atoms with E-state index in [2.05, 4.69) is 0 Å². The Morgan fingerprint density at radius 3 is 2.46 bits per heavy atom. The Hall–Kier alpha value is -2.41. The molecule has 4 N–H and O–H groups in total. The lowest BCUT2D eigenvalue weighted by Crippen LogP contribution is -2.42. The maximum Gasteiger partial charge on any atom is 0.306 e. The zero-order valence-electron chi connectivity index (χ0n) is 13.9. The summed E-state index contributed by atoms with van der Waals surface area (Å²) in [6.45, 7) is 0.474. The molecule has 1 aromatic rings. The van der Waals surface area contributed by atoms with Gasteiger partial charge in [-0.3, -0.25) is 14.4 Å². The standard InChI is InChI=1S/C17H25N3O4/c1-20(11-10-15(19)21)17(23)14(18)8-5-9-16(22)24-12-13-6-3-2-4-7-13/h2-4,6-7,14H,5,8-12,18H2,1H3,(H2,19,21)/t14-/m0/s1. The van der Waals surface area contributed by atoms with E-state index in [9.17, 15) is 14.4 Å². The second-order valence-electron chi connectivity index (χ2n) is 5.62. The van der Waals surface area contributed by atoms with Crippen LogP contribution in [0.1, 0.15) is 31.2 Å². The molecule has 0 aliphatic rings. The summed E-state index contributed by atoms with van der Waals surface area (Å²) in [6.07, 6.45) is 1.14. The van der Waals surface area contributed by atoms with Gasteiger partial charge in [0.2, 0.25) is 11.8 Å². The summed E-state index contributed by atoms with van der Waals surface area (Å²) in [7, 11) is 1.57. The SMILES string of the molecule is CN(CCC(N)=O)C(=O)[C@@H](N)CCCC(=O)OCc1ccccc1. The second kappa shape index (κ2) is 10.4. The summed E-state index contributed by atoms with van der Waals surface area (Å²) in [5.74, 6) is -1.06. The third-order valence-corrected chi connectivity index (χ3v) is 3.53. The van der Waals surface area contributed by atoms with Gasteiger partial charge in [0.1, 0.15) is 6.61 Å². The summed E-state index contributed by atoms with van der Waals surface area (Å²) in [5, 5.41) is 0. The summed E-state index contributed by atoms with van der Waals surface area (Å²) in [5.41, 5.74) is 11.8. The molecule has 132 valence electrons. The molecule has 0 aliphatic carbocycles. The molecule has 7 nitrogen and oxygen atoms in total. The van der Waals surface area contributed by atoms with Crippen LogP contribution in [0, 0.1) is 0 Å². The number of rotatable bonds is 10. The first-order valence-corrected chi connectivity index (χ1v) is 7.88. The molecule has 1 atom stereocenters. The molecule has 24 heavy (non-hydrogen) atoms. The highest BCUT2D eigenvalue weighted by Crippen LogP contribution is 2.06. The van der Waals surface area contributed by atoms with Crippen LogP contribution in [0.15, 0.2) is 30.3 Å². The molecule has 2 amide bonds. The number of benzene rings is 1. The van der Waals surface area contributed by atoms with Gasteiger partial charge >= 0.3 is 5.97 Å². The minimum Gasteiger partial charge on any atom is -0.461 e. The maximum atomic E-state index is 12.0. The third kappa shape index (κ3) is 7.73. The molecule has 7 heteroatoms. The highest BCUT2D eigenvalue weighted by molar-refractivity contribution is 5.82. The van der Waals surface area contributed by atoms with Gasteiger partial charge in [-0.2, -0.15) is 0 Å². The van der Waals surface area contributed by atoms with E-state index in [4.69, 9.17) is 16.2 Å². The number of primary amides is 1. The van der Waals surface area contributed by atoms with Gasteiger partial charge in [0.25, 0.3) is 0 Å². The fourth-order valence-corrected chi connectivity index (χ4v) is 2.07. The topological polar surface area (TPSA) is 116 Å². The van der Waals surface area contributed by atoms with Crippen molar-refractivity contribution in [2.75, 3.05) is 13.6 Å². The van der Waals surface area contributed by atoms with E-state index in [0.717, 1.165) is 5.56 Å². The molecule has 0 fully saturated rings. The molecule has 0 bridgehead atoms. The molecule has 0 aromatic heterocycles. The summed E-state index contributed by atoms with van der Waals surface area (Å²) in [4.78, 5) is 35.7. The maximum absolute atomic E-state index is 12.0. The molecule has 0 saturated heterocycles. The molecule has 0 aliphatic heterocycles. The normalized spacial score (nSPS) is 11.6. The van der Waals surface area contributed by atoms with E-state index in [1.54, 1.807) is 7.05 Å². The lowest BCUT2D eigenvalue weighted by Gasteiger charge is -2.20. The van der Waals surface area contributed by atoms with Crippen molar-refractivity contribution in [3.05, 3.63) is 35.9 Å². The molecule has 0 spiro atoms. The molecule has 1 aromatic carbocycles. The second-order valence-corrected chi connectivity index (χ2v) is 5.62. The van der Waals surface area contributed by atoms with Crippen LogP contribution in [0.4, 0.5) is 0 Å². The van der Waals surface area contributed by atoms with Gasteiger partial charge in [-0.05, 0) is 18.4 Å². The summed E-state index contributed by atoms with van der Waals surface area (Å²) in [6, 6.07) is 8.70. The van der Waals surface area contributed by atoms with Crippen LogP contribution in [0.2, 0.25) is 0 Å². The van der Waals surface area contributed by atoms with E-state index in [0.29, 0.717) is 12.8 Å². The van der Waals surface area contributed by atoms with Gasteiger partial charge in [-0.15, -0.1) is 0 Å². The first kappa shape index (κ1) is 19.6. The molecular weight excluding hydrogens is 310 g/mol. The van der Waals surface area contributed by atoms with E-state index >= 15 is 0 Å². The molecule has 0 heterocycles. The number of hydrogen-bond acceptors (Lipinski definition) is 5. The Morgan fingerprint density at radius 1 is 1.17 bits per heavy atom. The van der Waals surface area contributed by atoms with Crippen molar-refractivity contribution in [3.63, 3.8) is 0 Å². The average molecular weight is 335 g/mol. The number of amides is 2.